The quantitative estimate of drug-likeness (QED) is 0.532. The number of carbonyl (C=O) groups is 1. The highest BCUT2D eigenvalue weighted by molar-refractivity contribution is 7.15. The summed E-state index contributed by atoms with van der Waals surface area (Å²) in [6, 6.07) is 7.72. The number of rotatable bonds is 5. The van der Waals surface area contributed by atoms with Gasteiger partial charge in [0, 0.05) is 41.9 Å². The van der Waals surface area contributed by atoms with E-state index in [4.69, 9.17) is 0 Å². The molecule has 0 saturated heterocycles. The van der Waals surface area contributed by atoms with Crippen LogP contribution in [0.25, 0.3) is 16.2 Å². The molecule has 3 aromatic heterocycles. The summed E-state index contributed by atoms with van der Waals surface area (Å²) in [5.41, 5.74) is 5.26. The highest BCUT2D eigenvalue weighted by atomic mass is 32.1. The molecule has 4 aromatic rings. The Morgan fingerprint density at radius 2 is 2.03 bits per heavy atom. The minimum absolute atomic E-state index is 0.178. The number of carbonyl (C=O) groups excluding carboxylic acids is 1. The molecule has 1 aromatic carbocycles. The van der Waals surface area contributed by atoms with Crippen LogP contribution in [0.4, 0.5) is 0 Å². The number of nitrogens with one attached hydrogen (secondary N) is 2. The lowest BCUT2D eigenvalue weighted by Crippen LogP contribution is -2.27. The van der Waals surface area contributed by atoms with E-state index in [-0.39, 0.29) is 11.5 Å². The first-order chi connectivity index (χ1) is 13.9. The molecule has 3 heterocycles. The molecule has 0 aliphatic rings. The van der Waals surface area contributed by atoms with Gasteiger partial charge in [0.1, 0.15) is 11.5 Å². The fourth-order valence-corrected chi connectivity index (χ4v) is 4.11. The van der Waals surface area contributed by atoms with Crippen LogP contribution >= 0.6 is 11.3 Å². The van der Waals surface area contributed by atoms with Crippen LogP contribution in [0.15, 0.2) is 40.6 Å². The zero-order valence-electron chi connectivity index (χ0n) is 16.4. The monoisotopic (exact) mass is 407 g/mol. The lowest BCUT2D eigenvalue weighted by molar-refractivity contribution is 0.0948. The van der Waals surface area contributed by atoms with Gasteiger partial charge in [-0.25, -0.2) is 9.97 Å². The molecule has 0 aliphatic carbocycles. The Hall–Kier alpha value is -3.26. The van der Waals surface area contributed by atoms with Gasteiger partial charge in [0.25, 0.3) is 11.5 Å². The van der Waals surface area contributed by atoms with E-state index in [1.54, 1.807) is 12.3 Å². The van der Waals surface area contributed by atoms with E-state index in [0.717, 1.165) is 21.8 Å². The molecule has 8 heteroatoms. The van der Waals surface area contributed by atoms with Crippen molar-refractivity contribution in [1.29, 1.82) is 0 Å². The second-order valence-corrected chi connectivity index (χ2v) is 7.88. The number of aryl methyl sites for hydroxylation is 3. The Balaban J connectivity index is 1.51. The standard InChI is InChI=1S/C21H21N5O2S/c1-12-4-5-13(2)16(8-12)17-10-26-18(11-29-21(26)25-17)20(28)22-7-6-15-9-19(27)24-14(3)23-15/h4-5,8-11H,6-7H2,1-3H3,(H,22,28)(H,23,24,27). The third-order valence-corrected chi connectivity index (χ3v) is 5.53. The number of benzene rings is 1. The molecule has 4 rings (SSSR count). The van der Waals surface area contributed by atoms with Gasteiger partial charge in [-0.2, -0.15) is 0 Å². The summed E-state index contributed by atoms with van der Waals surface area (Å²) < 4.78 is 1.83. The van der Waals surface area contributed by atoms with E-state index < -0.39 is 0 Å². The van der Waals surface area contributed by atoms with Gasteiger partial charge < -0.3 is 10.3 Å². The SMILES string of the molecule is Cc1ccc(C)c(-c2cn3c(C(=O)NCCc4cc(=O)[nH]c(C)n4)csc3n2)c1. The zero-order chi connectivity index (χ0) is 20.5. The van der Waals surface area contributed by atoms with E-state index in [1.807, 2.05) is 10.6 Å². The van der Waals surface area contributed by atoms with Gasteiger partial charge in [-0.1, -0.05) is 17.7 Å². The van der Waals surface area contributed by atoms with Crippen LogP contribution in [0.3, 0.4) is 0 Å². The summed E-state index contributed by atoms with van der Waals surface area (Å²) >= 11 is 1.43. The highest BCUT2D eigenvalue weighted by Gasteiger charge is 2.16. The van der Waals surface area contributed by atoms with Crippen molar-refractivity contribution in [3.05, 3.63) is 74.5 Å². The number of amides is 1. The Morgan fingerprint density at radius 3 is 2.83 bits per heavy atom. The Kier molecular flexibility index (Phi) is 5.02. The highest BCUT2D eigenvalue weighted by Crippen LogP contribution is 2.27. The van der Waals surface area contributed by atoms with E-state index in [9.17, 15) is 9.59 Å². The molecule has 148 valence electrons. The number of fused-ring (bicyclic) bond motifs is 1. The fourth-order valence-electron chi connectivity index (χ4n) is 3.25. The van der Waals surface area contributed by atoms with Crippen LogP contribution in [0.5, 0.6) is 0 Å². The number of hydrogen-bond acceptors (Lipinski definition) is 5. The molecule has 29 heavy (non-hydrogen) atoms. The maximum atomic E-state index is 12.7. The number of imidazole rings is 1. The van der Waals surface area contributed by atoms with Crippen LogP contribution < -0.4 is 10.9 Å². The topological polar surface area (TPSA) is 92.2 Å². The fraction of sp³-hybridized carbons (Fsp3) is 0.238. The minimum Gasteiger partial charge on any atom is -0.350 e. The lowest BCUT2D eigenvalue weighted by atomic mass is 10.0. The number of nitrogens with zero attached hydrogens (tertiary/aromatic N) is 3. The first kappa shape index (κ1) is 19.1. The third kappa shape index (κ3) is 3.97. The van der Waals surface area contributed by atoms with Crippen molar-refractivity contribution in [2.45, 2.75) is 27.2 Å². The number of H-pyrrole nitrogens is 1. The zero-order valence-corrected chi connectivity index (χ0v) is 17.3. The van der Waals surface area contributed by atoms with Crippen molar-refractivity contribution >= 4 is 22.2 Å². The Bertz CT molecular complexity index is 1270. The maximum Gasteiger partial charge on any atom is 0.269 e. The Morgan fingerprint density at radius 1 is 1.21 bits per heavy atom. The predicted molar refractivity (Wildman–Crippen MR) is 114 cm³/mol. The predicted octanol–water partition coefficient (Wildman–Crippen LogP) is 3.04. The van der Waals surface area contributed by atoms with Crippen LogP contribution in [-0.4, -0.2) is 31.8 Å². The molecule has 0 bridgehead atoms. The van der Waals surface area contributed by atoms with Gasteiger partial charge in [-0.05, 0) is 32.4 Å². The summed E-state index contributed by atoms with van der Waals surface area (Å²) in [7, 11) is 0. The number of hydrogen-bond donors (Lipinski definition) is 2. The number of aromatic nitrogens is 4. The minimum atomic E-state index is -0.184. The summed E-state index contributed by atoms with van der Waals surface area (Å²) in [6.45, 7) is 6.24. The average molecular weight is 407 g/mol. The van der Waals surface area contributed by atoms with Crippen LogP contribution in [0.1, 0.15) is 33.1 Å². The van der Waals surface area contributed by atoms with Gasteiger partial charge in [0.05, 0.1) is 5.69 Å². The molecule has 7 nitrogen and oxygen atoms in total. The Labute approximate surface area is 171 Å². The first-order valence-corrected chi connectivity index (χ1v) is 10.2. The van der Waals surface area contributed by atoms with Crippen molar-refractivity contribution in [2.75, 3.05) is 6.54 Å². The molecule has 1 amide bonds. The van der Waals surface area contributed by atoms with Crippen molar-refractivity contribution in [3.63, 3.8) is 0 Å². The van der Waals surface area contributed by atoms with Crippen molar-refractivity contribution in [2.24, 2.45) is 0 Å². The molecule has 0 unspecified atom stereocenters. The normalized spacial score (nSPS) is 11.1. The van der Waals surface area contributed by atoms with Crippen molar-refractivity contribution in [3.8, 4) is 11.3 Å². The largest absolute Gasteiger partial charge is 0.350 e. The smallest absolute Gasteiger partial charge is 0.269 e. The molecule has 0 fully saturated rings. The summed E-state index contributed by atoms with van der Waals surface area (Å²) in [5, 5.41) is 4.71. The summed E-state index contributed by atoms with van der Waals surface area (Å²) in [6.07, 6.45) is 2.39. The van der Waals surface area contributed by atoms with Crippen molar-refractivity contribution in [1.82, 2.24) is 24.7 Å². The molecule has 2 N–H and O–H groups in total. The second kappa shape index (κ2) is 7.63. The van der Waals surface area contributed by atoms with Crippen LogP contribution in [-0.2, 0) is 6.42 Å². The third-order valence-electron chi connectivity index (χ3n) is 4.69. The number of thiazole rings is 1. The van der Waals surface area contributed by atoms with E-state index in [2.05, 4.69) is 52.3 Å². The van der Waals surface area contributed by atoms with E-state index in [0.29, 0.717) is 30.2 Å². The average Bonchev–Trinajstić information content (AvgIpc) is 3.23. The molecular weight excluding hydrogens is 386 g/mol. The first-order valence-electron chi connectivity index (χ1n) is 9.30. The van der Waals surface area contributed by atoms with Crippen molar-refractivity contribution < 1.29 is 4.79 Å². The maximum absolute atomic E-state index is 12.7. The van der Waals surface area contributed by atoms with E-state index in [1.165, 1.54) is 23.0 Å². The van der Waals surface area contributed by atoms with Gasteiger partial charge in [-0.15, -0.1) is 11.3 Å². The van der Waals surface area contributed by atoms with Crippen LogP contribution in [0.2, 0.25) is 0 Å². The van der Waals surface area contributed by atoms with Gasteiger partial charge in [0.15, 0.2) is 4.96 Å². The molecule has 0 atom stereocenters. The van der Waals surface area contributed by atoms with Gasteiger partial charge >= 0.3 is 0 Å². The summed E-state index contributed by atoms with van der Waals surface area (Å²) in [4.78, 5) is 36.5. The van der Waals surface area contributed by atoms with Gasteiger partial charge in [-0.3, -0.25) is 14.0 Å². The molecule has 0 radical (unpaired) electrons. The van der Waals surface area contributed by atoms with Crippen LogP contribution in [0, 0.1) is 20.8 Å². The number of aromatic amines is 1. The van der Waals surface area contributed by atoms with E-state index >= 15 is 0 Å². The second-order valence-electron chi connectivity index (χ2n) is 7.05. The lowest BCUT2D eigenvalue weighted by Gasteiger charge is -2.05. The van der Waals surface area contributed by atoms with Gasteiger partial charge in [0.2, 0.25) is 0 Å². The summed E-state index contributed by atoms with van der Waals surface area (Å²) in [5.74, 6) is 0.387. The molecular formula is C21H21N5O2S. The molecule has 0 saturated carbocycles. The molecule has 0 spiro atoms. The molecule has 0 aliphatic heterocycles.